The van der Waals surface area contributed by atoms with Gasteiger partial charge in [-0.25, -0.2) is 4.79 Å². The molecule has 1 saturated heterocycles. The number of carboxylic acid groups (broad SMARTS) is 1. The predicted octanol–water partition coefficient (Wildman–Crippen LogP) is 1.92. The van der Waals surface area contributed by atoms with Gasteiger partial charge in [0.15, 0.2) is 0 Å². The van der Waals surface area contributed by atoms with Gasteiger partial charge in [0.25, 0.3) is 0 Å². The van der Waals surface area contributed by atoms with Crippen molar-refractivity contribution in [2.24, 2.45) is 0 Å². The van der Waals surface area contributed by atoms with Crippen LogP contribution in [0.2, 0.25) is 0 Å². The fraction of sp³-hybridized carbons (Fsp3) is 0.562. The summed E-state index contributed by atoms with van der Waals surface area (Å²) >= 11 is 0. The zero-order chi connectivity index (χ0) is 15.2. The fourth-order valence-corrected chi connectivity index (χ4v) is 2.77. The number of piperazine rings is 1. The molecule has 0 bridgehead atoms. The molecule has 0 spiro atoms. The minimum Gasteiger partial charge on any atom is -0.496 e. The van der Waals surface area contributed by atoms with E-state index in [2.05, 4.69) is 16.7 Å². The van der Waals surface area contributed by atoms with E-state index in [1.807, 2.05) is 6.07 Å². The fourth-order valence-electron chi connectivity index (χ4n) is 2.77. The Morgan fingerprint density at radius 1 is 1.24 bits per heavy atom. The average molecular weight is 292 g/mol. The summed E-state index contributed by atoms with van der Waals surface area (Å²) in [7, 11) is 1.49. The number of methoxy groups -OCH3 is 1. The monoisotopic (exact) mass is 292 g/mol. The van der Waals surface area contributed by atoms with Crippen LogP contribution in [-0.2, 0) is 6.54 Å². The Bertz CT molecular complexity index is 482. The van der Waals surface area contributed by atoms with Gasteiger partial charge in [0.2, 0.25) is 0 Å². The lowest BCUT2D eigenvalue weighted by Gasteiger charge is -2.34. The predicted molar refractivity (Wildman–Crippen MR) is 82.0 cm³/mol. The summed E-state index contributed by atoms with van der Waals surface area (Å²) in [5, 5.41) is 9.22. The van der Waals surface area contributed by atoms with Gasteiger partial charge < -0.3 is 14.7 Å². The summed E-state index contributed by atoms with van der Waals surface area (Å²) in [5.74, 6) is -0.527. The van der Waals surface area contributed by atoms with Gasteiger partial charge in [0.1, 0.15) is 11.3 Å². The molecule has 0 atom stereocenters. The molecule has 2 rings (SSSR count). The number of aromatic carboxylic acids is 1. The molecule has 1 heterocycles. The number of hydrogen-bond acceptors (Lipinski definition) is 4. The average Bonchev–Trinajstić information content (AvgIpc) is 2.49. The Labute approximate surface area is 126 Å². The molecule has 1 fully saturated rings. The molecule has 0 amide bonds. The van der Waals surface area contributed by atoms with Gasteiger partial charge in [-0.05, 0) is 30.7 Å². The van der Waals surface area contributed by atoms with E-state index >= 15 is 0 Å². The van der Waals surface area contributed by atoms with Crippen molar-refractivity contribution in [2.75, 3.05) is 39.8 Å². The Balaban J connectivity index is 1.97. The number of nitrogens with zero attached hydrogens (tertiary/aromatic N) is 2. The number of hydrogen-bond donors (Lipinski definition) is 1. The number of carboxylic acids is 1. The Hall–Kier alpha value is -1.59. The first-order valence-electron chi connectivity index (χ1n) is 7.49. The lowest BCUT2D eigenvalue weighted by Crippen LogP contribution is -2.45. The quantitative estimate of drug-likeness (QED) is 0.868. The van der Waals surface area contributed by atoms with Crippen molar-refractivity contribution in [2.45, 2.75) is 19.9 Å². The molecule has 21 heavy (non-hydrogen) atoms. The third kappa shape index (κ3) is 4.19. The van der Waals surface area contributed by atoms with Crippen molar-refractivity contribution in [1.29, 1.82) is 0 Å². The van der Waals surface area contributed by atoms with E-state index in [4.69, 9.17) is 4.74 Å². The molecular weight excluding hydrogens is 268 g/mol. The van der Waals surface area contributed by atoms with Crippen LogP contribution in [-0.4, -0.2) is 60.7 Å². The second-order valence-electron chi connectivity index (χ2n) is 5.46. The summed E-state index contributed by atoms with van der Waals surface area (Å²) in [5.41, 5.74) is 1.26. The van der Waals surface area contributed by atoms with E-state index in [-0.39, 0.29) is 5.56 Å². The van der Waals surface area contributed by atoms with Crippen LogP contribution in [0.15, 0.2) is 18.2 Å². The highest BCUT2D eigenvalue weighted by Gasteiger charge is 2.17. The molecule has 5 heteroatoms. The summed E-state index contributed by atoms with van der Waals surface area (Å²) in [6, 6.07) is 5.41. The highest BCUT2D eigenvalue weighted by atomic mass is 16.5. The van der Waals surface area contributed by atoms with Crippen molar-refractivity contribution in [3.63, 3.8) is 0 Å². The van der Waals surface area contributed by atoms with Crippen LogP contribution in [0.25, 0.3) is 0 Å². The molecule has 0 aromatic heterocycles. The third-order valence-corrected chi connectivity index (χ3v) is 3.91. The van der Waals surface area contributed by atoms with E-state index in [9.17, 15) is 9.90 Å². The van der Waals surface area contributed by atoms with Crippen molar-refractivity contribution >= 4 is 5.97 Å². The molecule has 0 unspecified atom stereocenters. The molecular formula is C16H24N2O3. The van der Waals surface area contributed by atoms with E-state index < -0.39 is 5.97 Å². The van der Waals surface area contributed by atoms with Crippen molar-refractivity contribution < 1.29 is 14.6 Å². The van der Waals surface area contributed by atoms with Crippen LogP contribution >= 0.6 is 0 Å². The smallest absolute Gasteiger partial charge is 0.339 e. The Morgan fingerprint density at radius 3 is 2.48 bits per heavy atom. The van der Waals surface area contributed by atoms with Crippen LogP contribution < -0.4 is 4.74 Å². The van der Waals surface area contributed by atoms with E-state index in [1.54, 1.807) is 12.1 Å². The Kier molecular flexibility index (Phi) is 5.59. The van der Waals surface area contributed by atoms with E-state index in [0.717, 1.165) is 38.3 Å². The number of rotatable bonds is 6. The SMILES string of the molecule is CCCN1CCN(Cc2ccc(OC)c(C(=O)O)c2)CC1. The maximum absolute atomic E-state index is 11.2. The van der Waals surface area contributed by atoms with Crippen LogP contribution in [0.4, 0.5) is 0 Å². The topological polar surface area (TPSA) is 53.0 Å². The van der Waals surface area contributed by atoms with Gasteiger partial charge in [-0.2, -0.15) is 0 Å². The first-order chi connectivity index (χ1) is 10.1. The van der Waals surface area contributed by atoms with Crippen molar-refractivity contribution in [1.82, 2.24) is 9.80 Å². The molecule has 1 aromatic carbocycles. The second-order valence-corrected chi connectivity index (χ2v) is 5.46. The largest absolute Gasteiger partial charge is 0.496 e. The number of benzene rings is 1. The summed E-state index contributed by atoms with van der Waals surface area (Å²) < 4.78 is 5.09. The highest BCUT2D eigenvalue weighted by molar-refractivity contribution is 5.91. The van der Waals surface area contributed by atoms with Crippen molar-refractivity contribution in [3.8, 4) is 5.75 Å². The van der Waals surface area contributed by atoms with Gasteiger partial charge in [0.05, 0.1) is 7.11 Å². The minimum absolute atomic E-state index is 0.236. The normalized spacial score (nSPS) is 16.9. The summed E-state index contributed by atoms with van der Waals surface area (Å²) in [6.07, 6.45) is 1.19. The molecule has 1 aliphatic heterocycles. The van der Waals surface area contributed by atoms with Gasteiger partial charge in [-0.15, -0.1) is 0 Å². The second kappa shape index (κ2) is 7.43. The Morgan fingerprint density at radius 2 is 1.90 bits per heavy atom. The molecule has 1 N–H and O–H groups in total. The standard InChI is InChI=1S/C16H24N2O3/c1-3-6-17-7-9-18(10-8-17)12-13-4-5-15(21-2)14(11-13)16(19)20/h4-5,11H,3,6-10,12H2,1-2H3,(H,19,20). The molecule has 1 aromatic rings. The lowest BCUT2D eigenvalue weighted by molar-refractivity contribution is 0.0693. The maximum atomic E-state index is 11.2. The van der Waals surface area contributed by atoms with Crippen LogP contribution in [0, 0.1) is 0 Å². The summed E-state index contributed by atoms with van der Waals surface area (Å²) in [6.45, 7) is 8.43. The van der Waals surface area contributed by atoms with E-state index in [0.29, 0.717) is 5.75 Å². The van der Waals surface area contributed by atoms with Crippen LogP contribution in [0.5, 0.6) is 5.75 Å². The van der Waals surface area contributed by atoms with Gasteiger partial charge in [0, 0.05) is 32.7 Å². The molecule has 0 aliphatic carbocycles. The molecule has 5 nitrogen and oxygen atoms in total. The first kappa shape index (κ1) is 15.8. The van der Waals surface area contributed by atoms with Crippen molar-refractivity contribution in [3.05, 3.63) is 29.3 Å². The van der Waals surface area contributed by atoms with Gasteiger partial charge >= 0.3 is 5.97 Å². The zero-order valence-corrected chi connectivity index (χ0v) is 12.8. The molecule has 0 radical (unpaired) electrons. The summed E-state index contributed by atoms with van der Waals surface area (Å²) in [4.78, 5) is 16.1. The molecule has 1 aliphatic rings. The number of carbonyl (C=O) groups is 1. The van der Waals surface area contributed by atoms with Crippen LogP contribution in [0.3, 0.4) is 0 Å². The lowest BCUT2D eigenvalue weighted by atomic mass is 10.1. The minimum atomic E-state index is -0.943. The first-order valence-corrected chi connectivity index (χ1v) is 7.49. The van der Waals surface area contributed by atoms with Gasteiger partial charge in [-0.1, -0.05) is 13.0 Å². The highest BCUT2D eigenvalue weighted by Crippen LogP contribution is 2.21. The zero-order valence-electron chi connectivity index (χ0n) is 12.8. The van der Waals surface area contributed by atoms with Crippen LogP contribution in [0.1, 0.15) is 29.3 Å². The molecule has 116 valence electrons. The third-order valence-electron chi connectivity index (χ3n) is 3.91. The number of ether oxygens (including phenoxy) is 1. The van der Waals surface area contributed by atoms with E-state index in [1.165, 1.54) is 20.1 Å². The molecule has 0 saturated carbocycles. The van der Waals surface area contributed by atoms with Gasteiger partial charge in [-0.3, -0.25) is 4.90 Å². The maximum Gasteiger partial charge on any atom is 0.339 e.